The molecule has 3 rings (SSSR count). The van der Waals surface area contributed by atoms with Gasteiger partial charge in [0.2, 0.25) is 15.9 Å². The van der Waals surface area contributed by atoms with Crippen molar-refractivity contribution in [3.05, 3.63) is 48.3 Å². The van der Waals surface area contributed by atoms with Crippen molar-refractivity contribution in [3.63, 3.8) is 0 Å². The Labute approximate surface area is 146 Å². The maximum atomic E-state index is 12.4. The SMILES string of the molecule is Cn1cc(S(=O)(=O)NCC(=O)N2C[C@@H](N)[C@H](c3ccccc3)C2)cn1. The first-order valence-electron chi connectivity index (χ1n) is 7.93. The molecule has 1 aliphatic heterocycles. The van der Waals surface area contributed by atoms with Crippen LogP contribution >= 0.6 is 0 Å². The molecule has 1 saturated heterocycles. The molecule has 1 aromatic heterocycles. The van der Waals surface area contributed by atoms with Crippen molar-refractivity contribution in [2.45, 2.75) is 16.9 Å². The first kappa shape index (κ1) is 17.6. The number of aryl methyl sites for hydroxylation is 1. The minimum Gasteiger partial charge on any atom is -0.339 e. The molecule has 25 heavy (non-hydrogen) atoms. The maximum absolute atomic E-state index is 12.4. The number of likely N-dealkylation sites (tertiary alicyclic amines) is 1. The number of carbonyl (C=O) groups is 1. The number of nitrogens with zero attached hydrogens (tertiary/aromatic N) is 3. The summed E-state index contributed by atoms with van der Waals surface area (Å²) in [7, 11) is -2.13. The van der Waals surface area contributed by atoms with Crippen LogP contribution in [0.1, 0.15) is 11.5 Å². The van der Waals surface area contributed by atoms with E-state index >= 15 is 0 Å². The highest BCUT2D eigenvalue weighted by molar-refractivity contribution is 7.89. The van der Waals surface area contributed by atoms with E-state index in [-0.39, 0.29) is 29.3 Å². The molecule has 0 radical (unpaired) electrons. The third kappa shape index (κ3) is 3.89. The minimum absolute atomic E-state index is 0.0306. The highest BCUT2D eigenvalue weighted by atomic mass is 32.2. The Hall–Kier alpha value is -2.23. The predicted molar refractivity (Wildman–Crippen MR) is 92.1 cm³/mol. The van der Waals surface area contributed by atoms with E-state index in [2.05, 4.69) is 9.82 Å². The van der Waals surface area contributed by atoms with Crippen LogP contribution in [0, 0.1) is 0 Å². The largest absolute Gasteiger partial charge is 0.339 e. The average Bonchev–Trinajstić information content (AvgIpc) is 3.20. The van der Waals surface area contributed by atoms with E-state index in [1.54, 1.807) is 11.9 Å². The molecule has 8 nitrogen and oxygen atoms in total. The molecule has 9 heteroatoms. The monoisotopic (exact) mass is 363 g/mol. The molecular formula is C16H21N5O3S. The Morgan fingerprint density at radius 2 is 2.04 bits per heavy atom. The Morgan fingerprint density at radius 1 is 1.32 bits per heavy atom. The number of aromatic nitrogens is 2. The van der Waals surface area contributed by atoms with Gasteiger partial charge in [-0.3, -0.25) is 9.48 Å². The number of rotatable bonds is 5. The van der Waals surface area contributed by atoms with Crippen molar-refractivity contribution in [2.24, 2.45) is 12.8 Å². The van der Waals surface area contributed by atoms with Gasteiger partial charge >= 0.3 is 0 Å². The molecule has 0 unspecified atom stereocenters. The molecular weight excluding hydrogens is 342 g/mol. The molecule has 0 saturated carbocycles. The van der Waals surface area contributed by atoms with Gasteiger partial charge in [-0.2, -0.15) is 5.10 Å². The zero-order valence-corrected chi connectivity index (χ0v) is 14.7. The van der Waals surface area contributed by atoms with Crippen molar-refractivity contribution < 1.29 is 13.2 Å². The highest BCUT2D eigenvalue weighted by Crippen LogP contribution is 2.26. The molecule has 1 amide bonds. The molecule has 2 aromatic rings. The van der Waals surface area contributed by atoms with Gasteiger partial charge in [0.15, 0.2) is 0 Å². The van der Waals surface area contributed by atoms with Gasteiger partial charge in [-0.25, -0.2) is 13.1 Å². The van der Waals surface area contributed by atoms with Gasteiger partial charge in [-0.1, -0.05) is 30.3 Å². The fourth-order valence-corrected chi connectivity index (χ4v) is 3.93. The van der Waals surface area contributed by atoms with Crippen molar-refractivity contribution in [1.82, 2.24) is 19.4 Å². The zero-order chi connectivity index (χ0) is 18.0. The van der Waals surface area contributed by atoms with Gasteiger partial charge in [0.05, 0.1) is 12.7 Å². The van der Waals surface area contributed by atoms with E-state index < -0.39 is 10.0 Å². The molecule has 2 heterocycles. The van der Waals surface area contributed by atoms with Gasteiger partial charge in [-0.15, -0.1) is 0 Å². The fourth-order valence-electron chi connectivity index (χ4n) is 2.97. The Balaban J connectivity index is 1.61. The lowest BCUT2D eigenvalue weighted by molar-refractivity contribution is -0.128. The van der Waals surface area contributed by atoms with Gasteiger partial charge in [0.1, 0.15) is 4.90 Å². The summed E-state index contributed by atoms with van der Waals surface area (Å²) < 4.78 is 28.0. The molecule has 3 N–H and O–H groups in total. The zero-order valence-electron chi connectivity index (χ0n) is 13.9. The number of amides is 1. The number of hydrogen-bond acceptors (Lipinski definition) is 5. The topological polar surface area (TPSA) is 110 Å². The quantitative estimate of drug-likeness (QED) is 0.755. The van der Waals surface area contributed by atoms with Crippen LogP contribution in [-0.4, -0.2) is 54.7 Å². The first-order chi connectivity index (χ1) is 11.9. The lowest BCUT2D eigenvalue weighted by atomic mass is 9.95. The van der Waals surface area contributed by atoms with E-state index in [0.717, 1.165) is 5.56 Å². The number of sulfonamides is 1. The van der Waals surface area contributed by atoms with Crippen molar-refractivity contribution in [1.29, 1.82) is 0 Å². The van der Waals surface area contributed by atoms with Crippen molar-refractivity contribution in [2.75, 3.05) is 19.6 Å². The first-order valence-corrected chi connectivity index (χ1v) is 9.42. The highest BCUT2D eigenvalue weighted by Gasteiger charge is 2.34. The van der Waals surface area contributed by atoms with Crippen LogP contribution in [0.2, 0.25) is 0 Å². The molecule has 1 aliphatic rings. The molecule has 1 fully saturated rings. The van der Waals surface area contributed by atoms with Crippen molar-refractivity contribution in [3.8, 4) is 0 Å². The summed E-state index contributed by atoms with van der Waals surface area (Å²) in [5, 5.41) is 3.83. The number of nitrogens with two attached hydrogens (primary N) is 1. The van der Waals surface area contributed by atoms with Crippen LogP contribution in [0.3, 0.4) is 0 Å². The molecule has 1 aromatic carbocycles. The average molecular weight is 363 g/mol. The Bertz CT molecular complexity index is 850. The third-order valence-corrected chi connectivity index (χ3v) is 5.71. The Kier molecular flexibility index (Phi) is 4.89. The van der Waals surface area contributed by atoms with E-state index in [1.807, 2.05) is 30.3 Å². The summed E-state index contributed by atoms with van der Waals surface area (Å²) >= 11 is 0. The van der Waals surface area contributed by atoms with Gasteiger partial charge in [0, 0.05) is 38.3 Å². The summed E-state index contributed by atoms with van der Waals surface area (Å²) in [6, 6.07) is 9.62. The lowest BCUT2D eigenvalue weighted by Crippen LogP contribution is -2.40. The van der Waals surface area contributed by atoms with Crippen LogP contribution in [-0.2, 0) is 21.9 Å². The predicted octanol–water partition coefficient (Wildman–Crippen LogP) is -0.348. The molecule has 134 valence electrons. The normalized spacial score (nSPS) is 20.8. The van der Waals surface area contributed by atoms with Crippen LogP contribution in [0.4, 0.5) is 0 Å². The van der Waals surface area contributed by atoms with E-state index in [1.165, 1.54) is 17.1 Å². The smallest absolute Gasteiger partial charge is 0.244 e. The van der Waals surface area contributed by atoms with Crippen LogP contribution in [0.15, 0.2) is 47.6 Å². The number of nitrogens with one attached hydrogen (secondary N) is 1. The summed E-state index contributed by atoms with van der Waals surface area (Å²) in [5.41, 5.74) is 7.26. The molecule has 0 spiro atoms. The molecule has 0 bridgehead atoms. The molecule has 2 atom stereocenters. The minimum atomic E-state index is -3.76. The summed E-state index contributed by atoms with van der Waals surface area (Å²) in [5.74, 6) is -0.235. The van der Waals surface area contributed by atoms with E-state index in [9.17, 15) is 13.2 Å². The Morgan fingerprint density at radius 3 is 2.68 bits per heavy atom. The fraction of sp³-hybridized carbons (Fsp3) is 0.375. The number of hydrogen-bond donors (Lipinski definition) is 2. The standard InChI is InChI=1S/C16H21N5O3S/c1-20-9-13(7-18-20)25(23,24)19-8-16(22)21-10-14(15(17)11-21)12-5-3-2-4-6-12/h2-7,9,14-15,19H,8,10-11,17H2,1H3/t14-,15+/m0/s1. The van der Waals surface area contributed by atoms with Gasteiger partial charge < -0.3 is 10.6 Å². The summed E-state index contributed by atoms with van der Waals surface area (Å²) in [4.78, 5) is 14.0. The van der Waals surface area contributed by atoms with Crippen LogP contribution in [0.25, 0.3) is 0 Å². The number of benzene rings is 1. The van der Waals surface area contributed by atoms with Gasteiger partial charge in [0.25, 0.3) is 0 Å². The van der Waals surface area contributed by atoms with Gasteiger partial charge in [-0.05, 0) is 5.56 Å². The maximum Gasteiger partial charge on any atom is 0.244 e. The van der Waals surface area contributed by atoms with E-state index in [0.29, 0.717) is 13.1 Å². The van der Waals surface area contributed by atoms with E-state index in [4.69, 9.17) is 5.73 Å². The van der Waals surface area contributed by atoms with Crippen LogP contribution in [0.5, 0.6) is 0 Å². The lowest BCUT2D eigenvalue weighted by Gasteiger charge is -2.16. The second-order valence-electron chi connectivity index (χ2n) is 6.15. The summed E-state index contributed by atoms with van der Waals surface area (Å²) in [6.45, 7) is 0.594. The summed E-state index contributed by atoms with van der Waals surface area (Å²) in [6.07, 6.45) is 2.62. The number of carbonyl (C=O) groups excluding carboxylic acids is 1. The van der Waals surface area contributed by atoms with Crippen LogP contribution < -0.4 is 10.5 Å². The van der Waals surface area contributed by atoms with Crippen molar-refractivity contribution >= 4 is 15.9 Å². The third-order valence-electron chi connectivity index (χ3n) is 4.35. The molecule has 0 aliphatic carbocycles. The second kappa shape index (κ2) is 6.95. The second-order valence-corrected chi connectivity index (χ2v) is 7.92.